The van der Waals surface area contributed by atoms with Crippen molar-refractivity contribution < 1.29 is 4.42 Å². The highest BCUT2D eigenvalue weighted by molar-refractivity contribution is 5.10. The fourth-order valence-corrected chi connectivity index (χ4v) is 1.22. The third-order valence-corrected chi connectivity index (χ3v) is 1.80. The van der Waals surface area contributed by atoms with Gasteiger partial charge in [-0.3, -0.25) is 0 Å². The Bertz CT molecular complexity index is 181. The van der Waals surface area contributed by atoms with Gasteiger partial charge in [0.05, 0.1) is 12.5 Å². The molecule has 1 atom stereocenters. The van der Waals surface area contributed by atoms with Gasteiger partial charge in [-0.1, -0.05) is 13.8 Å². The molecule has 0 aliphatic carbocycles. The summed E-state index contributed by atoms with van der Waals surface area (Å²) >= 11 is 0. The van der Waals surface area contributed by atoms with E-state index in [0.29, 0.717) is 6.04 Å². The molecule has 0 spiro atoms. The van der Waals surface area contributed by atoms with Gasteiger partial charge in [-0.25, -0.2) is 0 Å². The quantitative estimate of drug-likeness (QED) is 0.718. The minimum absolute atomic E-state index is 0.457. The fourth-order valence-electron chi connectivity index (χ4n) is 1.22. The number of hydrogen-bond donors (Lipinski definition) is 1. The summed E-state index contributed by atoms with van der Waals surface area (Å²) in [7, 11) is 0. The average molecular weight is 153 g/mol. The van der Waals surface area contributed by atoms with E-state index in [1.807, 2.05) is 6.07 Å². The molecule has 1 aromatic rings. The van der Waals surface area contributed by atoms with Gasteiger partial charge in [0.25, 0.3) is 0 Å². The summed E-state index contributed by atoms with van der Waals surface area (Å²) in [6.45, 7) is 5.28. The van der Waals surface area contributed by atoms with Crippen molar-refractivity contribution in [3.63, 3.8) is 0 Å². The molecule has 1 aromatic heterocycles. The average Bonchev–Trinajstić information content (AvgIpc) is 2.52. The SMILES string of the molecule is CCNC(CC)c1ccoc1. The molecular formula is C9H15NO. The number of rotatable bonds is 4. The standard InChI is InChI=1S/C9H15NO/c1-3-9(10-4-2)8-5-6-11-7-8/h5-7,9-10H,3-4H2,1-2H3. The molecule has 2 heteroatoms. The van der Waals surface area contributed by atoms with Crippen molar-refractivity contribution in [1.82, 2.24) is 5.32 Å². The van der Waals surface area contributed by atoms with Gasteiger partial charge in [0, 0.05) is 11.6 Å². The molecule has 0 saturated heterocycles. The molecule has 0 radical (unpaired) electrons. The molecule has 1 rings (SSSR count). The Labute approximate surface area is 67.6 Å². The summed E-state index contributed by atoms with van der Waals surface area (Å²) in [5, 5.41) is 3.37. The van der Waals surface area contributed by atoms with Crippen LogP contribution in [0.1, 0.15) is 31.9 Å². The molecule has 1 N–H and O–H groups in total. The molecular weight excluding hydrogens is 138 g/mol. The maximum Gasteiger partial charge on any atom is 0.0950 e. The first-order valence-electron chi connectivity index (χ1n) is 4.14. The van der Waals surface area contributed by atoms with Gasteiger partial charge >= 0.3 is 0 Å². The van der Waals surface area contributed by atoms with E-state index in [0.717, 1.165) is 13.0 Å². The Morgan fingerprint density at radius 2 is 2.36 bits per heavy atom. The minimum atomic E-state index is 0.457. The van der Waals surface area contributed by atoms with E-state index in [2.05, 4.69) is 19.2 Å². The zero-order chi connectivity index (χ0) is 8.10. The topological polar surface area (TPSA) is 25.2 Å². The summed E-state index contributed by atoms with van der Waals surface area (Å²) in [6.07, 6.45) is 4.62. The smallest absolute Gasteiger partial charge is 0.0950 e. The first kappa shape index (κ1) is 8.34. The van der Waals surface area contributed by atoms with Gasteiger partial charge in [-0.15, -0.1) is 0 Å². The predicted molar refractivity (Wildman–Crippen MR) is 45.4 cm³/mol. The van der Waals surface area contributed by atoms with Crippen LogP contribution in [0.5, 0.6) is 0 Å². The third kappa shape index (κ3) is 2.09. The lowest BCUT2D eigenvalue weighted by Crippen LogP contribution is -2.19. The van der Waals surface area contributed by atoms with E-state index < -0.39 is 0 Å². The number of hydrogen-bond acceptors (Lipinski definition) is 2. The largest absolute Gasteiger partial charge is 0.472 e. The van der Waals surface area contributed by atoms with Crippen molar-refractivity contribution >= 4 is 0 Å². The van der Waals surface area contributed by atoms with Gasteiger partial charge in [-0.2, -0.15) is 0 Å². The minimum Gasteiger partial charge on any atom is -0.472 e. The first-order valence-corrected chi connectivity index (χ1v) is 4.14. The Morgan fingerprint density at radius 3 is 2.82 bits per heavy atom. The zero-order valence-corrected chi connectivity index (χ0v) is 7.13. The zero-order valence-electron chi connectivity index (χ0n) is 7.13. The van der Waals surface area contributed by atoms with E-state index in [4.69, 9.17) is 4.42 Å². The highest BCUT2D eigenvalue weighted by Crippen LogP contribution is 2.15. The maximum atomic E-state index is 5.00. The van der Waals surface area contributed by atoms with E-state index in [9.17, 15) is 0 Å². The van der Waals surface area contributed by atoms with Crippen LogP contribution in [-0.4, -0.2) is 6.54 Å². The van der Waals surface area contributed by atoms with Crippen LogP contribution in [0.25, 0.3) is 0 Å². The predicted octanol–water partition coefficient (Wildman–Crippen LogP) is 2.34. The Hall–Kier alpha value is -0.760. The summed E-state index contributed by atoms with van der Waals surface area (Å²) in [5.74, 6) is 0. The molecule has 0 amide bonds. The molecule has 62 valence electrons. The van der Waals surface area contributed by atoms with Crippen molar-refractivity contribution in [2.75, 3.05) is 6.54 Å². The normalized spacial score (nSPS) is 13.3. The second-order valence-electron chi connectivity index (χ2n) is 2.58. The lowest BCUT2D eigenvalue weighted by Gasteiger charge is -2.12. The Morgan fingerprint density at radius 1 is 1.55 bits per heavy atom. The van der Waals surface area contributed by atoms with E-state index in [1.165, 1.54) is 5.56 Å². The van der Waals surface area contributed by atoms with Gasteiger partial charge in [0.2, 0.25) is 0 Å². The summed E-state index contributed by atoms with van der Waals surface area (Å²) in [4.78, 5) is 0. The molecule has 11 heavy (non-hydrogen) atoms. The highest BCUT2D eigenvalue weighted by Gasteiger charge is 2.07. The van der Waals surface area contributed by atoms with Crippen LogP contribution in [0.2, 0.25) is 0 Å². The Kier molecular flexibility index (Phi) is 3.17. The lowest BCUT2D eigenvalue weighted by molar-refractivity contribution is 0.517. The van der Waals surface area contributed by atoms with E-state index >= 15 is 0 Å². The number of furan rings is 1. The highest BCUT2D eigenvalue weighted by atomic mass is 16.3. The monoisotopic (exact) mass is 153 g/mol. The van der Waals surface area contributed by atoms with Gasteiger partial charge in [0.15, 0.2) is 0 Å². The Balaban J connectivity index is 2.56. The van der Waals surface area contributed by atoms with Crippen LogP contribution in [-0.2, 0) is 0 Å². The van der Waals surface area contributed by atoms with Crippen molar-refractivity contribution in [3.05, 3.63) is 24.2 Å². The maximum absolute atomic E-state index is 5.00. The summed E-state index contributed by atoms with van der Waals surface area (Å²) in [6, 6.07) is 2.47. The second kappa shape index (κ2) is 4.19. The fraction of sp³-hybridized carbons (Fsp3) is 0.556. The van der Waals surface area contributed by atoms with Crippen molar-refractivity contribution in [2.45, 2.75) is 26.3 Å². The molecule has 0 aliphatic rings. The molecule has 0 aromatic carbocycles. The molecule has 1 unspecified atom stereocenters. The first-order chi connectivity index (χ1) is 5.38. The van der Waals surface area contributed by atoms with Crippen molar-refractivity contribution in [3.8, 4) is 0 Å². The van der Waals surface area contributed by atoms with E-state index in [1.54, 1.807) is 12.5 Å². The van der Waals surface area contributed by atoms with Crippen LogP contribution in [0.3, 0.4) is 0 Å². The number of nitrogens with one attached hydrogen (secondary N) is 1. The lowest BCUT2D eigenvalue weighted by atomic mass is 10.1. The van der Waals surface area contributed by atoms with Gasteiger partial charge in [0.1, 0.15) is 0 Å². The molecule has 0 fully saturated rings. The van der Waals surface area contributed by atoms with Crippen molar-refractivity contribution in [2.24, 2.45) is 0 Å². The molecule has 0 bridgehead atoms. The van der Waals surface area contributed by atoms with Crippen LogP contribution in [0.4, 0.5) is 0 Å². The molecule has 2 nitrogen and oxygen atoms in total. The van der Waals surface area contributed by atoms with Gasteiger partial charge < -0.3 is 9.73 Å². The molecule has 1 heterocycles. The second-order valence-corrected chi connectivity index (χ2v) is 2.58. The van der Waals surface area contributed by atoms with E-state index in [-0.39, 0.29) is 0 Å². The summed E-state index contributed by atoms with van der Waals surface area (Å²) in [5.41, 5.74) is 1.24. The molecule has 0 saturated carbocycles. The van der Waals surface area contributed by atoms with Crippen LogP contribution in [0.15, 0.2) is 23.0 Å². The van der Waals surface area contributed by atoms with Crippen LogP contribution >= 0.6 is 0 Å². The van der Waals surface area contributed by atoms with Crippen molar-refractivity contribution in [1.29, 1.82) is 0 Å². The third-order valence-electron chi connectivity index (χ3n) is 1.80. The van der Waals surface area contributed by atoms with Gasteiger partial charge in [-0.05, 0) is 19.0 Å². The molecule has 0 aliphatic heterocycles. The van der Waals surface area contributed by atoms with Crippen LogP contribution < -0.4 is 5.32 Å². The summed E-state index contributed by atoms with van der Waals surface area (Å²) < 4.78 is 5.00. The van der Waals surface area contributed by atoms with Crippen LogP contribution in [0, 0.1) is 0 Å².